The lowest BCUT2D eigenvalue weighted by Crippen LogP contribution is -2.37. The monoisotopic (exact) mass is 308 g/mol. The number of piperidine rings is 1. The predicted octanol–water partition coefficient (Wildman–Crippen LogP) is 3.34. The Hall–Kier alpha value is -1.05. The second kappa shape index (κ2) is 6.21. The van der Waals surface area contributed by atoms with Crippen molar-refractivity contribution in [2.45, 2.75) is 31.8 Å². The Morgan fingerprint density at radius 1 is 1.50 bits per heavy atom. The van der Waals surface area contributed by atoms with Crippen LogP contribution in [0, 0.1) is 11.3 Å². The van der Waals surface area contributed by atoms with E-state index in [1.807, 2.05) is 6.07 Å². The van der Waals surface area contributed by atoms with Gasteiger partial charge in [-0.2, -0.15) is 5.26 Å². The molecule has 1 aromatic carbocycles. The lowest BCUT2D eigenvalue weighted by molar-refractivity contribution is 0.176. The van der Waals surface area contributed by atoms with E-state index in [1.54, 1.807) is 7.11 Å². The smallest absolute Gasteiger partial charge is 0.133 e. The van der Waals surface area contributed by atoms with Crippen molar-refractivity contribution in [3.8, 4) is 11.8 Å². The molecule has 18 heavy (non-hydrogen) atoms. The molecular weight excluding hydrogens is 292 g/mol. The van der Waals surface area contributed by atoms with E-state index in [1.165, 1.54) is 18.4 Å². The van der Waals surface area contributed by atoms with Crippen molar-refractivity contribution in [1.29, 1.82) is 5.26 Å². The number of ether oxygens (including phenoxy) is 1. The van der Waals surface area contributed by atoms with Gasteiger partial charge in [-0.1, -0.05) is 6.07 Å². The number of halogens is 1. The van der Waals surface area contributed by atoms with Crippen molar-refractivity contribution in [3.05, 3.63) is 28.2 Å². The maximum Gasteiger partial charge on any atom is 0.133 e. The predicted molar refractivity (Wildman–Crippen MR) is 74.4 cm³/mol. The fourth-order valence-electron chi connectivity index (χ4n) is 2.37. The molecule has 1 saturated heterocycles. The molecule has 0 spiro atoms. The summed E-state index contributed by atoms with van der Waals surface area (Å²) < 4.78 is 6.19. The van der Waals surface area contributed by atoms with E-state index < -0.39 is 0 Å². The highest BCUT2D eigenvalue weighted by molar-refractivity contribution is 9.10. The summed E-state index contributed by atoms with van der Waals surface area (Å²) in [6.45, 7) is 1.85. The molecule has 0 radical (unpaired) electrons. The van der Waals surface area contributed by atoms with Crippen LogP contribution in [0.1, 0.15) is 24.8 Å². The number of hydrogen-bond donors (Lipinski definition) is 0. The quantitative estimate of drug-likeness (QED) is 0.859. The Morgan fingerprint density at radius 2 is 2.33 bits per heavy atom. The third kappa shape index (κ3) is 3.04. The summed E-state index contributed by atoms with van der Waals surface area (Å²) >= 11 is 3.50. The Balaban J connectivity index is 2.08. The Morgan fingerprint density at radius 3 is 3.00 bits per heavy atom. The maximum atomic E-state index is 9.16. The third-order valence-corrected chi connectivity index (χ3v) is 3.98. The van der Waals surface area contributed by atoms with Crippen molar-refractivity contribution in [3.63, 3.8) is 0 Å². The van der Waals surface area contributed by atoms with Gasteiger partial charge in [0.2, 0.25) is 0 Å². The average molecular weight is 309 g/mol. The molecule has 96 valence electrons. The number of rotatable bonds is 3. The largest absolute Gasteiger partial charge is 0.496 e. The highest BCUT2D eigenvalue weighted by Crippen LogP contribution is 2.27. The summed E-state index contributed by atoms with van der Waals surface area (Å²) in [4.78, 5) is 2.26. The molecule has 1 atom stereocenters. The van der Waals surface area contributed by atoms with Gasteiger partial charge in [0, 0.05) is 6.54 Å². The molecule has 0 aromatic heterocycles. The average Bonchev–Trinajstić information content (AvgIpc) is 2.39. The summed E-state index contributed by atoms with van der Waals surface area (Å²) in [5, 5.41) is 9.16. The first kappa shape index (κ1) is 13.4. The molecule has 0 aliphatic carbocycles. The first-order valence-electron chi connectivity index (χ1n) is 6.20. The molecule has 1 fully saturated rings. The minimum absolute atomic E-state index is 0.0691. The zero-order valence-corrected chi connectivity index (χ0v) is 12.1. The highest BCUT2D eigenvalue weighted by Gasteiger charge is 2.21. The number of hydrogen-bond acceptors (Lipinski definition) is 3. The fraction of sp³-hybridized carbons (Fsp3) is 0.500. The normalized spacial score (nSPS) is 20.4. The zero-order valence-electron chi connectivity index (χ0n) is 10.5. The number of methoxy groups -OCH3 is 1. The van der Waals surface area contributed by atoms with E-state index in [2.05, 4.69) is 39.0 Å². The van der Waals surface area contributed by atoms with Crippen molar-refractivity contribution in [2.24, 2.45) is 0 Å². The van der Waals surface area contributed by atoms with Gasteiger partial charge >= 0.3 is 0 Å². The van der Waals surface area contributed by atoms with Crippen molar-refractivity contribution < 1.29 is 4.74 Å². The molecule has 0 saturated carbocycles. The lowest BCUT2D eigenvalue weighted by Gasteiger charge is -2.31. The van der Waals surface area contributed by atoms with E-state index in [-0.39, 0.29) is 6.04 Å². The number of benzene rings is 1. The first-order chi connectivity index (χ1) is 8.74. The molecule has 1 aliphatic rings. The molecule has 0 bridgehead atoms. The van der Waals surface area contributed by atoms with Crippen LogP contribution in [0.4, 0.5) is 0 Å². The van der Waals surface area contributed by atoms with Gasteiger partial charge in [0.15, 0.2) is 0 Å². The lowest BCUT2D eigenvalue weighted by atomic mass is 10.0. The molecule has 1 aliphatic heterocycles. The van der Waals surface area contributed by atoms with Crippen LogP contribution in [0.2, 0.25) is 0 Å². The standard InChI is InChI=1S/C14H17BrN2O/c1-18-14-6-5-11(8-13(14)15)10-17-7-3-2-4-12(17)9-16/h5-6,8,12H,2-4,7,10H2,1H3. The van der Waals surface area contributed by atoms with Crippen molar-refractivity contribution in [1.82, 2.24) is 4.90 Å². The third-order valence-electron chi connectivity index (χ3n) is 3.36. The molecule has 0 N–H and O–H groups in total. The van der Waals surface area contributed by atoms with Gasteiger partial charge in [-0.3, -0.25) is 4.90 Å². The van der Waals surface area contributed by atoms with E-state index >= 15 is 0 Å². The second-order valence-corrected chi connectivity index (χ2v) is 5.43. The van der Waals surface area contributed by atoms with E-state index in [0.29, 0.717) is 0 Å². The van der Waals surface area contributed by atoms with Crippen LogP contribution in [-0.4, -0.2) is 24.6 Å². The highest BCUT2D eigenvalue weighted by atomic mass is 79.9. The zero-order chi connectivity index (χ0) is 13.0. The van der Waals surface area contributed by atoms with Gasteiger partial charge in [-0.05, 0) is 59.4 Å². The summed E-state index contributed by atoms with van der Waals surface area (Å²) in [6, 6.07) is 8.57. The van der Waals surface area contributed by atoms with E-state index in [0.717, 1.165) is 29.7 Å². The van der Waals surface area contributed by atoms with Crippen molar-refractivity contribution >= 4 is 15.9 Å². The van der Waals surface area contributed by atoms with Crippen molar-refractivity contribution in [2.75, 3.05) is 13.7 Å². The summed E-state index contributed by atoms with van der Waals surface area (Å²) in [5.74, 6) is 0.842. The van der Waals surface area contributed by atoms with Crippen LogP contribution in [0.5, 0.6) is 5.75 Å². The molecule has 4 heteroatoms. The molecule has 1 aromatic rings. The van der Waals surface area contributed by atoms with Gasteiger partial charge < -0.3 is 4.74 Å². The van der Waals surface area contributed by atoms with Gasteiger partial charge in [-0.15, -0.1) is 0 Å². The van der Waals surface area contributed by atoms with Crippen LogP contribution in [0.3, 0.4) is 0 Å². The number of nitrogens with zero attached hydrogens (tertiary/aromatic N) is 2. The Labute approximate surface area is 116 Å². The Kier molecular flexibility index (Phi) is 4.62. The van der Waals surface area contributed by atoms with E-state index in [4.69, 9.17) is 10.00 Å². The molecule has 2 rings (SSSR count). The first-order valence-corrected chi connectivity index (χ1v) is 7.00. The number of likely N-dealkylation sites (tertiary alicyclic amines) is 1. The van der Waals surface area contributed by atoms with Crippen LogP contribution >= 0.6 is 15.9 Å². The molecule has 1 unspecified atom stereocenters. The minimum Gasteiger partial charge on any atom is -0.496 e. The molecule has 1 heterocycles. The summed E-state index contributed by atoms with van der Waals surface area (Å²) in [7, 11) is 1.66. The van der Waals surface area contributed by atoms with Gasteiger partial charge in [-0.25, -0.2) is 0 Å². The van der Waals surface area contributed by atoms with Gasteiger partial charge in [0.1, 0.15) is 5.75 Å². The topological polar surface area (TPSA) is 36.3 Å². The SMILES string of the molecule is COc1ccc(CN2CCCCC2C#N)cc1Br. The minimum atomic E-state index is 0.0691. The summed E-state index contributed by atoms with van der Waals surface area (Å²) in [5.41, 5.74) is 1.21. The molecule has 3 nitrogen and oxygen atoms in total. The summed E-state index contributed by atoms with van der Waals surface area (Å²) in [6.07, 6.45) is 3.35. The van der Waals surface area contributed by atoms with Crippen LogP contribution in [-0.2, 0) is 6.54 Å². The Bertz CT molecular complexity index is 456. The van der Waals surface area contributed by atoms with Crippen LogP contribution in [0.15, 0.2) is 22.7 Å². The van der Waals surface area contributed by atoms with E-state index in [9.17, 15) is 0 Å². The second-order valence-electron chi connectivity index (χ2n) is 4.58. The maximum absolute atomic E-state index is 9.16. The van der Waals surface area contributed by atoms with Gasteiger partial charge in [0.05, 0.1) is 23.7 Å². The fourth-order valence-corrected chi connectivity index (χ4v) is 2.96. The van der Waals surface area contributed by atoms with Gasteiger partial charge in [0.25, 0.3) is 0 Å². The number of nitriles is 1. The molecule has 0 amide bonds. The molecular formula is C14H17BrN2O. The van der Waals surface area contributed by atoms with Crippen LogP contribution < -0.4 is 4.74 Å². The van der Waals surface area contributed by atoms with Crippen LogP contribution in [0.25, 0.3) is 0 Å².